The van der Waals surface area contributed by atoms with Crippen molar-refractivity contribution in [2.45, 2.75) is 32.6 Å². The fourth-order valence-corrected chi connectivity index (χ4v) is 1.96. The zero-order valence-corrected chi connectivity index (χ0v) is 12.2. The molecule has 0 aliphatic rings. The highest BCUT2D eigenvalue weighted by Gasteiger charge is 2.19. The van der Waals surface area contributed by atoms with Crippen molar-refractivity contribution in [3.63, 3.8) is 0 Å². The summed E-state index contributed by atoms with van der Waals surface area (Å²) in [5.41, 5.74) is 2.42. The number of rotatable bonds is 5. The third-order valence-corrected chi connectivity index (χ3v) is 3.08. The molecular weight excluding hydrogens is 226 g/mol. The van der Waals surface area contributed by atoms with E-state index in [2.05, 4.69) is 37.8 Å². The minimum atomic E-state index is 0.0547. The maximum atomic E-state index is 8.88. The van der Waals surface area contributed by atoms with Crippen LogP contribution in [0.4, 0.5) is 5.69 Å². The van der Waals surface area contributed by atoms with Crippen LogP contribution in [0, 0.1) is 0 Å². The summed E-state index contributed by atoms with van der Waals surface area (Å²) in [5, 5.41) is 8.88. The first-order chi connectivity index (χ1) is 8.40. The quantitative estimate of drug-likeness (QED) is 0.873. The number of methoxy groups -OCH3 is 1. The summed E-state index contributed by atoms with van der Waals surface area (Å²) in [6, 6.07) is 6.26. The van der Waals surface area contributed by atoms with Crippen LogP contribution in [0.3, 0.4) is 0 Å². The van der Waals surface area contributed by atoms with Crippen LogP contribution in [0.1, 0.15) is 32.8 Å². The van der Waals surface area contributed by atoms with Crippen molar-refractivity contribution in [3.8, 4) is 5.75 Å². The summed E-state index contributed by atoms with van der Waals surface area (Å²) in [5.74, 6) is 0.932. The largest absolute Gasteiger partial charge is 0.496 e. The first-order valence-electron chi connectivity index (χ1n) is 6.40. The molecule has 1 aromatic rings. The van der Waals surface area contributed by atoms with E-state index in [9.17, 15) is 0 Å². The fraction of sp³-hybridized carbons (Fsp3) is 0.600. The zero-order chi connectivity index (χ0) is 13.8. The highest BCUT2D eigenvalue weighted by Crippen LogP contribution is 2.34. The van der Waals surface area contributed by atoms with Gasteiger partial charge in [-0.1, -0.05) is 20.8 Å². The minimum Gasteiger partial charge on any atom is -0.496 e. The average Bonchev–Trinajstić information content (AvgIpc) is 2.34. The Morgan fingerprint density at radius 1 is 1.28 bits per heavy atom. The smallest absolute Gasteiger partial charge is 0.122 e. The van der Waals surface area contributed by atoms with Crippen LogP contribution in [0.5, 0.6) is 5.75 Å². The van der Waals surface area contributed by atoms with Crippen LogP contribution in [-0.2, 0) is 5.41 Å². The van der Waals surface area contributed by atoms with Gasteiger partial charge in [0, 0.05) is 31.5 Å². The van der Waals surface area contributed by atoms with Crippen LogP contribution < -0.4 is 9.64 Å². The van der Waals surface area contributed by atoms with E-state index in [1.807, 2.05) is 13.1 Å². The summed E-state index contributed by atoms with van der Waals surface area (Å²) < 4.78 is 5.43. The molecule has 1 rings (SSSR count). The van der Waals surface area contributed by atoms with Crippen molar-refractivity contribution in [1.29, 1.82) is 0 Å². The van der Waals surface area contributed by atoms with Crippen LogP contribution in [-0.4, -0.2) is 32.4 Å². The first-order valence-corrected chi connectivity index (χ1v) is 6.40. The Hall–Kier alpha value is -1.22. The Kier molecular flexibility index (Phi) is 5.03. The Balaban J connectivity index is 3.03. The number of hydrogen-bond acceptors (Lipinski definition) is 3. The van der Waals surface area contributed by atoms with Crippen molar-refractivity contribution in [1.82, 2.24) is 0 Å². The van der Waals surface area contributed by atoms with Crippen LogP contribution in [0.25, 0.3) is 0 Å². The van der Waals surface area contributed by atoms with Gasteiger partial charge in [-0.2, -0.15) is 0 Å². The van der Waals surface area contributed by atoms with Gasteiger partial charge < -0.3 is 14.7 Å². The molecule has 18 heavy (non-hydrogen) atoms. The molecule has 0 unspecified atom stereocenters. The third-order valence-electron chi connectivity index (χ3n) is 3.08. The molecule has 0 saturated carbocycles. The van der Waals surface area contributed by atoms with Gasteiger partial charge in [0.1, 0.15) is 5.75 Å². The van der Waals surface area contributed by atoms with Crippen molar-refractivity contribution in [3.05, 3.63) is 23.8 Å². The lowest BCUT2D eigenvalue weighted by molar-refractivity contribution is 0.290. The molecule has 1 N–H and O–H groups in total. The van der Waals surface area contributed by atoms with Crippen molar-refractivity contribution in [2.24, 2.45) is 0 Å². The standard InChI is InChI=1S/C15H25NO2/c1-15(2,3)13-11-12(7-8-14(13)18-5)16(4)9-6-10-17/h7-8,11,17H,6,9-10H2,1-5H3. The van der Waals surface area contributed by atoms with Gasteiger partial charge in [-0.25, -0.2) is 0 Å². The molecule has 0 atom stereocenters. The summed E-state index contributed by atoms with van der Waals surface area (Å²) in [7, 11) is 3.75. The average molecular weight is 251 g/mol. The van der Waals surface area contributed by atoms with Gasteiger partial charge in [0.05, 0.1) is 7.11 Å². The molecule has 0 saturated heterocycles. The fourth-order valence-electron chi connectivity index (χ4n) is 1.96. The van der Waals surface area contributed by atoms with E-state index < -0.39 is 0 Å². The summed E-state index contributed by atoms with van der Waals surface area (Å²) in [4.78, 5) is 2.16. The highest BCUT2D eigenvalue weighted by atomic mass is 16.5. The number of anilines is 1. The molecule has 0 aliphatic heterocycles. The maximum Gasteiger partial charge on any atom is 0.122 e. The number of benzene rings is 1. The number of aliphatic hydroxyl groups is 1. The molecule has 0 radical (unpaired) electrons. The summed E-state index contributed by atoms with van der Waals surface area (Å²) in [6.07, 6.45) is 0.785. The van der Waals surface area contributed by atoms with Crippen LogP contribution in [0.15, 0.2) is 18.2 Å². The number of aliphatic hydroxyl groups excluding tert-OH is 1. The van der Waals surface area contributed by atoms with Gasteiger partial charge in [-0.3, -0.25) is 0 Å². The molecule has 102 valence electrons. The molecule has 0 aromatic heterocycles. The Bertz CT molecular complexity index is 383. The molecule has 0 fully saturated rings. The summed E-state index contributed by atoms with van der Waals surface area (Å²) >= 11 is 0. The third kappa shape index (κ3) is 3.64. The van der Waals surface area contributed by atoms with E-state index in [0.29, 0.717) is 0 Å². The molecule has 0 aliphatic carbocycles. The molecule has 3 nitrogen and oxygen atoms in total. The summed E-state index contributed by atoms with van der Waals surface area (Å²) in [6.45, 7) is 7.63. The Morgan fingerprint density at radius 3 is 2.44 bits per heavy atom. The number of nitrogens with zero attached hydrogens (tertiary/aromatic N) is 1. The van der Waals surface area contributed by atoms with Crippen LogP contribution in [0.2, 0.25) is 0 Å². The Labute approximate surface area is 110 Å². The normalized spacial score (nSPS) is 11.4. The topological polar surface area (TPSA) is 32.7 Å². The lowest BCUT2D eigenvalue weighted by Gasteiger charge is -2.26. The SMILES string of the molecule is COc1ccc(N(C)CCCO)cc1C(C)(C)C. The van der Waals surface area contributed by atoms with Crippen molar-refractivity contribution >= 4 is 5.69 Å². The van der Waals surface area contributed by atoms with Gasteiger partial charge in [-0.15, -0.1) is 0 Å². The van der Waals surface area contributed by atoms with E-state index in [1.165, 1.54) is 5.56 Å². The van der Waals surface area contributed by atoms with Gasteiger partial charge in [-0.05, 0) is 30.0 Å². The van der Waals surface area contributed by atoms with Crippen molar-refractivity contribution < 1.29 is 9.84 Å². The molecule has 0 amide bonds. The Morgan fingerprint density at radius 2 is 1.94 bits per heavy atom. The minimum absolute atomic E-state index is 0.0547. The monoisotopic (exact) mass is 251 g/mol. The van der Waals surface area contributed by atoms with E-state index in [4.69, 9.17) is 9.84 Å². The lowest BCUT2D eigenvalue weighted by atomic mass is 9.86. The lowest BCUT2D eigenvalue weighted by Crippen LogP contribution is -2.21. The van der Waals surface area contributed by atoms with E-state index in [-0.39, 0.29) is 12.0 Å². The first kappa shape index (κ1) is 14.8. The highest BCUT2D eigenvalue weighted by molar-refractivity contribution is 5.54. The molecule has 1 aromatic carbocycles. The van der Waals surface area contributed by atoms with Crippen LogP contribution >= 0.6 is 0 Å². The molecule has 0 bridgehead atoms. The van der Waals surface area contributed by atoms with Gasteiger partial charge in [0.15, 0.2) is 0 Å². The van der Waals surface area contributed by atoms with Gasteiger partial charge >= 0.3 is 0 Å². The molecule has 0 heterocycles. The van der Waals surface area contributed by atoms with Gasteiger partial charge in [0.25, 0.3) is 0 Å². The molecule has 3 heteroatoms. The molecule has 0 spiro atoms. The predicted molar refractivity (Wildman–Crippen MR) is 76.7 cm³/mol. The van der Waals surface area contributed by atoms with E-state index in [1.54, 1.807) is 7.11 Å². The molecular formula is C15H25NO2. The number of ether oxygens (including phenoxy) is 1. The van der Waals surface area contributed by atoms with Gasteiger partial charge in [0.2, 0.25) is 0 Å². The second-order valence-corrected chi connectivity index (χ2v) is 5.63. The van der Waals surface area contributed by atoms with Crippen molar-refractivity contribution in [2.75, 3.05) is 32.2 Å². The maximum absolute atomic E-state index is 8.88. The predicted octanol–water partition coefficient (Wildman–Crippen LogP) is 2.81. The van der Waals surface area contributed by atoms with E-state index >= 15 is 0 Å². The van der Waals surface area contributed by atoms with E-state index in [0.717, 1.165) is 24.4 Å². The second kappa shape index (κ2) is 6.10. The zero-order valence-electron chi connectivity index (χ0n) is 12.2. The second-order valence-electron chi connectivity index (χ2n) is 5.63. The number of hydrogen-bond donors (Lipinski definition) is 1.